The van der Waals surface area contributed by atoms with E-state index >= 15 is 0 Å². The van der Waals surface area contributed by atoms with E-state index in [1.165, 1.54) is 5.56 Å². The van der Waals surface area contributed by atoms with Crippen molar-refractivity contribution in [3.63, 3.8) is 0 Å². The molecule has 1 aliphatic heterocycles. The monoisotopic (exact) mass is 327 g/mol. The summed E-state index contributed by atoms with van der Waals surface area (Å²) in [6, 6.07) is 4.06. The highest BCUT2D eigenvalue weighted by molar-refractivity contribution is 7.89. The average molecular weight is 327 g/mol. The highest BCUT2D eigenvalue weighted by atomic mass is 32.2. The molecule has 6 nitrogen and oxygen atoms in total. The third kappa shape index (κ3) is 4.41. The third-order valence-corrected chi connectivity index (χ3v) is 5.73. The molecule has 1 fully saturated rings. The van der Waals surface area contributed by atoms with Gasteiger partial charge in [0.1, 0.15) is 5.82 Å². The first-order valence-electron chi connectivity index (χ1n) is 7.64. The normalized spacial score (nSPS) is 20.0. The van der Waals surface area contributed by atoms with Gasteiger partial charge < -0.3 is 9.64 Å². The van der Waals surface area contributed by atoms with Crippen molar-refractivity contribution >= 4 is 15.8 Å². The Morgan fingerprint density at radius 3 is 2.91 bits per heavy atom. The second-order valence-corrected chi connectivity index (χ2v) is 7.96. The van der Waals surface area contributed by atoms with Crippen LogP contribution in [0.4, 0.5) is 5.82 Å². The van der Waals surface area contributed by atoms with Gasteiger partial charge in [-0.2, -0.15) is 4.31 Å². The molecule has 0 amide bonds. The van der Waals surface area contributed by atoms with Crippen LogP contribution in [0.15, 0.2) is 18.3 Å². The van der Waals surface area contributed by atoms with Crippen molar-refractivity contribution in [1.82, 2.24) is 9.29 Å². The zero-order valence-electron chi connectivity index (χ0n) is 13.5. The molecule has 2 heterocycles. The Kier molecular flexibility index (Phi) is 5.77. The van der Waals surface area contributed by atoms with Gasteiger partial charge in [-0.25, -0.2) is 13.4 Å². The lowest BCUT2D eigenvalue weighted by Gasteiger charge is -2.32. The number of aromatic nitrogens is 1. The minimum Gasteiger partial charge on any atom is -0.375 e. The maximum absolute atomic E-state index is 12.0. The van der Waals surface area contributed by atoms with E-state index in [9.17, 15) is 8.42 Å². The van der Waals surface area contributed by atoms with Gasteiger partial charge in [-0.3, -0.25) is 0 Å². The minimum absolute atomic E-state index is 0.0361. The molecule has 0 unspecified atom stereocenters. The lowest BCUT2D eigenvalue weighted by molar-refractivity contribution is -0.00521. The Balaban J connectivity index is 1.93. The van der Waals surface area contributed by atoms with Crippen LogP contribution >= 0.6 is 0 Å². The van der Waals surface area contributed by atoms with Gasteiger partial charge in [0.25, 0.3) is 0 Å². The molecule has 0 radical (unpaired) electrons. The zero-order valence-corrected chi connectivity index (χ0v) is 14.3. The molecule has 0 aliphatic carbocycles. The van der Waals surface area contributed by atoms with Crippen molar-refractivity contribution in [2.24, 2.45) is 0 Å². The molecule has 2 rings (SSSR count). The lowest BCUT2D eigenvalue weighted by Crippen LogP contribution is -2.46. The number of anilines is 1. The van der Waals surface area contributed by atoms with Crippen LogP contribution < -0.4 is 4.90 Å². The molecule has 1 aromatic rings. The van der Waals surface area contributed by atoms with Gasteiger partial charge in [0.15, 0.2) is 0 Å². The summed E-state index contributed by atoms with van der Waals surface area (Å²) in [4.78, 5) is 6.26. The Morgan fingerprint density at radius 2 is 2.23 bits per heavy atom. The minimum atomic E-state index is -3.12. The van der Waals surface area contributed by atoms with E-state index in [1.807, 2.05) is 25.1 Å². The van der Waals surface area contributed by atoms with E-state index in [0.29, 0.717) is 19.7 Å². The topological polar surface area (TPSA) is 62.7 Å². The van der Waals surface area contributed by atoms with E-state index in [-0.39, 0.29) is 11.9 Å². The molecule has 1 atom stereocenters. The van der Waals surface area contributed by atoms with Crippen molar-refractivity contribution in [2.75, 3.05) is 44.4 Å². The first kappa shape index (κ1) is 17.2. The summed E-state index contributed by atoms with van der Waals surface area (Å²) in [5, 5.41) is 0. The largest absolute Gasteiger partial charge is 0.375 e. The van der Waals surface area contributed by atoms with Crippen LogP contribution in [0.3, 0.4) is 0 Å². The summed E-state index contributed by atoms with van der Waals surface area (Å²) < 4.78 is 31.2. The number of sulfonamides is 1. The summed E-state index contributed by atoms with van der Waals surface area (Å²) in [6.45, 7) is 3.08. The van der Waals surface area contributed by atoms with Crippen LogP contribution in [0.5, 0.6) is 0 Å². The average Bonchev–Trinajstić information content (AvgIpc) is 2.53. The standard InChI is InChI=1S/C15H25N3O3S/c1-4-22(19,20)18-9-10-21-14(12-18)6-5-13-7-8-16-15(11-13)17(2)3/h7-8,11,14H,4-6,9-10,12H2,1-3H3/t14-/m0/s1. The van der Waals surface area contributed by atoms with E-state index in [2.05, 4.69) is 11.1 Å². The Bertz CT molecular complexity index is 589. The summed E-state index contributed by atoms with van der Waals surface area (Å²) in [6.07, 6.45) is 3.44. The van der Waals surface area contributed by atoms with Gasteiger partial charge in [-0.1, -0.05) is 0 Å². The van der Waals surface area contributed by atoms with Gasteiger partial charge in [-0.15, -0.1) is 0 Å². The van der Waals surface area contributed by atoms with Crippen LogP contribution in [0.2, 0.25) is 0 Å². The molecular weight excluding hydrogens is 302 g/mol. The number of rotatable bonds is 6. The molecule has 7 heteroatoms. The number of ether oxygens (including phenoxy) is 1. The fourth-order valence-corrected chi connectivity index (χ4v) is 3.60. The van der Waals surface area contributed by atoms with Crippen molar-refractivity contribution in [1.29, 1.82) is 0 Å². The molecule has 1 aliphatic rings. The highest BCUT2D eigenvalue weighted by Gasteiger charge is 2.27. The van der Waals surface area contributed by atoms with E-state index < -0.39 is 10.0 Å². The predicted octanol–water partition coefficient (Wildman–Crippen LogP) is 1.13. The zero-order chi connectivity index (χ0) is 16.2. The molecule has 0 bridgehead atoms. The van der Waals surface area contributed by atoms with Crippen molar-refractivity contribution in [2.45, 2.75) is 25.9 Å². The SMILES string of the molecule is CCS(=O)(=O)N1CCO[C@@H](CCc2ccnc(N(C)C)c2)C1. The second-order valence-electron chi connectivity index (χ2n) is 5.71. The quantitative estimate of drug-likeness (QED) is 0.784. The molecule has 1 aromatic heterocycles. The molecule has 1 saturated heterocycles. The summed E-state index contributed by atoms with van der Waals surface area (Å²) >= 11 is 0. The maximum Gasteiger partial charge on any atom is 0.213 e. The number of hydrogen-bond donors (Lipinski definition) is 0. The van der Waals surface area contributed by atoms with Crippen LogP contribution in [0.25, 0.3) is 0 Å². The van der Waals surface area contributed by atoms with Crippen LogP contribution in [0.1, 0.15) is 18.9 Å². The van der Waals surface area contributed by atoms with Crippen molar-refractivity contribution < 1.29 is 13.2 Å². The fraction of sp³-hybridized carbons (Fsp3) is 0.667. The van der Waals surface area contributed by atoms with Crippen LogP contribution in [-0.2, 0) is 21.2 Å². The summed E-state index contributed by atoms with van der Waals surface area (Å²) in [5.41, 5.74) is 1.19. The lowest BCUT2D eigenvalue weighted by atomic mass is 10.1. The first-order valence-corrected chi connectivity index (χ1v) is 9.25. The van der Waals surface area contributed by atoms with E-state index in [4.69, 9.17) is 4.74 Å². The Hall–Kier alpha value is -1.18. The highest BCUT2D eigenvalue weighted by Crippen LogP contribution is 2.17. The number of hydrogen-bond acceptors (Lipinski definition) is 5. The second kappa shape index (κ2) is 7.39. The Morgan fingerprint density at radius 1 is 1.45 bits per heavy atom. The van der Waals surface area contributed by atoms with Crippen LogP contribution in [0, 0.1) is 0 Å². The maximum atomic E-state index is 12.0. The molecule has 124 valence electrons. The molecule has 22 heavy (non-hydrogen) atoms. The molecule has 0 spiro atoms. The Labute approximate surface area is 133 Å². The van der Waals surface area contributed by atoms with Gasteiger partial charge in [0.05, 0.1) is 18.5 Å². The number of aryl methyl sites for hydroxylation is 1. The van der Waals surface area contributed by atoms with Gasteiger partial charge in [0.2, 0.25) is 10.0 Å². The van der Waals surface area contributed by atoms with Gasteiger partial charge in [0, 0.05) is 33.4 Å². The third-order valence-electron chi connectivity index (χ3n) is 3.88. The number of morpholine rings is 1. The smallest absolute Gasteiger partial charge is 0.213 e. The summed E-state index contributed by atoms with van der Waals surface area (Å²) in [7, 11) is 0.806. The fourth-order valence-electron chi connectivity index (χ4n) is 2.49. The number of nitrogens with zero attached hydrogens (tertiary/aromatic N) is 3. The first-order chi connectivity index (χ1) is 10.4. The molecular formula is C15H25N3O3S. The van der Waals surface area contributed by atoms with Gasteiger partial charge >= 0.3 is 0 Å². The van der Waals surface area contributed by atoms with Crippen LogP contribution in [-0.4, -0.2) is 63.4 Å². The van der Waals surface area contributed by atoms with Crippen molar-refractivity contribution in [3.8, 4) is 0 Å². The predicted molar refractivity (Wildman–Crippen MR) is 87.7 cm³/mol. The molecule has 0 saturated carbocycles. The summed E-state index contributed by atoms with van der Waals surface area (Å²) in [5.74, 6) is 1.08. The molecule has 0 N–H and O–H groups in total. The van der Waals surface area contributed by atoms with Gasteiger partial charge in [-0.05, 0) is 37.5 Å². The number of pyridine rings is 1. The van der Waals surface area contributed by atoms with Crippen molar-refractivity contribution in [3.05, 3.63) is 23.9 Å². The molecule has 0 aromatic carbocycles. The van der Waals surface area contributed by atoms with E-state index in [0.717, 1.165) is 18.7 Å². The van der Waals surface area contributed by atoms with E-state index in [1.54, 1.807) is 17.4 Å².